The lowest BCUT2D eigenvalue weighted by molar-refractivity contribution is 0.487. The van der Waals surface area contributed by atoms with Crippen molar-refractivity contribution in [2.45, 2.75) is 177 Å². The third kappa shape index (κ3) is 14.5. The number of aryl methyl sites for hydroxylation is 6. The van der Waals surface area contributed by atoms with Gasteiger partial charge in [-0.1, -0.05) is 243 Å². The zero-order valence-electron chi connectivity index (χ0n) is 54.2. The van der Waals surface area contributed by atoms with Gasteiger partial charge in [-0.2, -0.15) is 0 Å². The molecule has 0 amide bonds. The molecule has 1 heterocycles. The number of para-hydroxylation sites is 1. The van der Waals surface area contributed by atoms with Gasteiger partial charge in [-0.15, -0.1) is 6.42 Å². The van der Waals surface area contributed by atoms with Crippen molar-refractivity contribution in [3.8, 4) is 34.6 Å². The minimum atomic E-state index is -0.162. The molecule has 0 aromatic heterocycles. The maximum absolute atomic E-state index is 6.30. The molecule has 1 aliphatic carbocycles. The first-order chi connectivity index (χ1) is 38.5. The van der Waals surface area contributed by atoms with E-state index in [0.717, 1.165) is 39.8 Å². The van der Waals surface area contributed by atoms with Crippen LogP contribution in [-0.2, 0) is 5.41 Å². The molecule has 0 atom stereocenters. The second kappa shape index (κ2) is 28.1. The second-order valence-electron chi connectivity index (χ2n) is 24.0. The molecule has 8 rings (SSSR count). The van der Waals surface area contributed by atoms with Crippen LogP contribution in [0.1, 0.15) is 186 Å². The Bertz CT molecular complexity index is 3470. The van der Waals surface area contributed by atoms with Crippen molar-refractivity contribution in [2.24, 2.45) is 5.41 Å². The zero-order valence-corrected chi connectivity index (χ0v) is 54.2. The maximum Gasteiger partial charge on any atom is 0.245 e. The maximum atomic E-state index is 6.30. The van der Waals surface area contributed by atoms with E-state index < -0.39 is 0 Å². The Balaban J connectivity index is 0.000000828. The van der Waals surface area contributed by atoms with Gasteiger partial charge in [-0.05, 0) is 208 Å². The monoisotopic (exact) mass is 1070 g/mol. The van der Waals surface area contributed by atoms with E-state index in [-0.39, 0.29) is 17.5 Å². The summed E-state index contributed by atoms with van der Waals surface area (Å²) in [6, 6.07) is 41.0. The molecule has 0 radical (unpaired) electrons. The van der Waals surface area contributed by atoms with Gasteiger partial charge in [0.15, 0.2) is 0 Å². The van der Waals surface area contributed by atoms with E-state index in [9.17, 15) is 0 Å². The first-order valence-electron chi connectivity index (χ1n) is 30.1. The van der Waals surface area contributed by atoms with Gasteiger partial charge in [0.1, 0.15) is 0 Å². The molecule has 2 heteroatoms. The lowest BCUT2D eigenvalue weighted by atomic mass is 9.33. The van der Waals surface area contributed by atoms with Crippen LogP contribution in [0.3, 0.4) is 0 Å². The summed E-state index contributed by atoms with van der Waals surface area (Å²) < 4.78 is 0. The van der Waals surface area contributed by atoms with Crippen molar-refractivity contribution in [3.63, 3.8) is 0 Å². The van der Waals surface area contributed by atoms with E-state index in [2.05, 4.69) is 276 Å². The fourth-order valence-electron chi connectivity index (χ4n) is 11.5. The van der Waals surface area contributed by atoms with Crippen LogP contribution in [-0.4, -0.2) is 6.71 Å². The molecular weight excluding hydrogens is 974 g/mol. The molecule has 0 spiro atoms. The van der Waals surface area contributed by atoms with Crippen LogP contribution in [0, 0.1) is 59.3 Å². The first-order valence-corrected chi connectivity index (χ1v) is 30.1. The lowest BCUT2D eigenvalue weighted by Gasteiger charge is -2.31. The van der Waals surface area contributed by atoms with E-state index in [4.69, 9.17) is 6.42 Å². The van der Waals surface area contributed by atoms with E-state index in [0.29, 0.717) is 0 Å². The number of nitrogens with zero attached hydrogens (tertiary/aromatic N) is 1. The molecule has 0 saturated heterocycles. The second-order valence-corrected chi connectivity index (χ2v) is 24.0. The zero-order chi connectivity index (χ0) is 60.3. The van der Waals surface area contributed by atoms with Gasteiger partial charge in [0.05, 0.1) is 11.4 Å². The molecule has 81 heavy (non-hydrogen) atoms. The summed E-state index contributed by atoms with van der Waals surface area (Å²) in [5, 5.41) is 0. The minimum Gasteiger partial charge on any atom is -0.307 e. The molecule has 0 unspecified atom stereocenters. The number of rotatable bonds is 12. The van der Waals surface area contributed by atoms with E-state index in [1.807, 2.05) is 33.8 Å². The predicted octanol–water partition coefficient (Wildman–Crippen LogP) is 21.9. The third-order valence-corrected chi connectivity index (χ3v) is 16.4. The van der Waals surface area contributed by atoms with Crippen LogP contribution in [0.15, 0.2) is 180 Å². The third-order valence-electron chi connectivity index (χ3n) is 16.4. The van der Waals surface area contributed by atoms with Gasteiger partial charge < -0.3 is 4.90 Å². The summed E-state index contributed by atoms with van der Waals surface area (Å²) in [7, 11) is 0. The minimum absolute atomic E-state index is 0.0622. The molecule has 0 fully saturated rings. The van der Waals surface area contributed by atoms with Crippen LogP contribution >= 0.6 is 0 Å². The Kier molecular flexibility index (Phi) is 22.4. The standard InChI is InChI=1S/C66H72BN.C9H14.2C2H6/c1-18-26-54(42(5)19-2)57-41-53(36-34-44(57)7)67(58-39-52(66(15,16)17)35-33-45(58)8)63(60(40-51(21-4)65(12,13)14)68-59-32-24-28-46(9)64(59)68)61-47(10)37-50(38-48(61)11)56-31-25-29-49(20-3)62(56)55-30-23-22-27-43(55)6;1-7-5-4-6-8(2)9(7)3;2*1-2/h3,18-19,22-41H,2,21H2,1,4-17H3;5H,4,6H2,1-3H3;2*1-2H3/b26-18-,51-40+,54-42+,63-60-;;;. The molecule has 1 nitrogen and oxygen atoms in total. The summed E-state index contributed by atoms with van der Waals surface area (Å²) in [6.45, 7) is 53.0. The molecule has 0 N–H and O–H groups in total. The van der Waals surface area contributed by atoms with Crippen LogP contribution in [0.4, 0.5) is 11.4 Å². The van der Waals surface area contributed by atoms with Crippen LogP contribution < -0.4 is 15.8 Å². The SMILES string of the molecule is C#Cc1cccc(-c2cc(C)c(/C(B(c3ccc(C)c(C(/C=C\C)=C(\C)C=C)c3)c3cc(C(C)(C)C)ccc3C)=C(\C=C(/CC)C(C)(C)C)N3c4cccc(C)c43)c(C)c2)c1-c1ccccc1C.CC.CC.CC1=CCCC(C)=C1C. The fraction of sp³-hybridized carbons (Fsp3) is 0.342. The molecular formula is C79H98BN. The van der Waals surface area contributed by atoms with Gasteiger partial charge in [0.2, 0.25) is 6.71 Å². The Morgan fingerprint density at radius 3 is 1.88 bits per heavy atom. The lowest BCUT2D eigenvalue weighted by Crippen LogP contribution is -2.47. The van der Waals surface area contributed by atoms with Crippen molar-refractivity contribution in [1.29, 1.82) is 0 Å². The average molecular weight is 1070 g/mol. The fourth-order valence-corrected chi connectivity index (χ4v) is 11.5. The smallest absolute Gasteiger partial charge is 0.245 e. The summed E-state index contributed by atoms with van der Waals surface area (Å²) in [5.74, 6) is 3.05. The van der Waals surface area contributed by atoms with Crippen molar-refractivity contribution >= 4 is 40.1 Å². The Hall–Kier alpha value is -7.08. The largest absolute Gasteiger partial charge is 0.307 e. The number of fused-ring (bicyclic) bond motifs is 1. The number of anilines is 2. The number of hydrogen-bond donors (Lipinski definition) is 0. The van der Waals surface area contributed by atoms with Crippen molar-refractivity contribution in [3.05, 3.63) is 235 Å². The molecule has 2 aliphatic rings. The van der Waals surface area contributed by atoms with Gasteiger partial charge in [0.25, 0.3) is 0 Å². The van der Waals surface area contributed by atoms with Gasteiger partial charge in [0, 0.05) is 16.8 Å². The number of terminal acetylenes is 1. The van der Waals surface area contributed by atoms with Crippen molar-refractivity contribution in [1.82, 2.24) is 0 Å². The van der Waals surface area contributed by atoms with E-state index in [1.165, 1.54) is 119 Å². The molecule has 0 bridgehead atoms. The molecule has 1 aliphatic heterocycles. The predicted molar refractivity (Wildman–Crippen MR) is 365 cm³/mol. The van der Waals surface area contributed by atoms with Crippen molar-refractivity contribution < 1.29 is 0 Å². The highest BCUT2D eigenvalue weighted by atomic mass is 15.3. The molecule has 0 saturated carbocycles. The summed E-state index contributed by atoms with van der Waals surface area (Å²) in [4.78, 5) is 2.56. The van der Waals surface area contributed by atoms with Crippen LogP contribution in [0.2, 0.25) is 0 Å². The molecule has 422 valence electrons. The van der Waals surface area contributed by atoms with Crippen molar-refractivity contribution in [2.75, 3.05) is 4.90 Å². The van der Waals surface area contributed by atoms with E-state index >= 15 is 0 Å². The quantitative estimate of drug-likeness (QED) is 0.0511. The number of hydrogen-bond acceptors (Lipinski definition) is 1. The topological polar surface area (TPSA) is 3.01 Å². The van der Waals surface area contributed by atoms with Gasteiger partial charge in [-0.25, -0.2) is 0 Å². The van der Waals surface area contributed by atoms with E-state index in [1.54, 1.807) is 5.57 Å². The van der Waals surface area contributed by atoms with Gasteiger partial charge >= 0.3 is 0 Å². The van der Waals surface area contributed by atoms with Crippen LogP contribution in [0.5, 0.6) is 0 Å². The Labute approximate surface area is 494 Å². The molecule has 6 aromatic carbocycles. The normalized spacial score (nSPS) is 13.7. The van der Waals surface area contributed by atoms with Crippen LogP contribution in [0.25, 0.3) is 33.3 Å². The summed E-state index contributed by atoms with van der Waals surface area (Å²) in [5.41, 5.74) is 32.5. The number of allylic oxidation sites excluding steroid dienone is 11. The summed E-state index contributed by atoms with van der Waals surface area (Å²) >= 11 is 0. The highest BCUT2D eigenvalue weighted by molar-refractivity contribution is 7.00. The number of benzene rings is 6. The molecule has 6 aromatic rings. The average Bonchev–Trinajstić information content (AvgIpc) is 4.20. The Morgan fingerprint density at radius 1 is 0.704 bits per heavy atom. The Morgan fingerprint density at radius 2 is 1.32 bits per heavy atom. The highest BCUT2D eigenvalue weighted by Crippen LogP contribution is 2.55. The highest BCUT2D eigenvalue weighted by Gasteiger charge is 2.40. The summed E-state index contributed by atoms with van der Waals surface area (Å²) in [6.07, 6.45) is 21.0. The first kappa shape index (κ1) is 64.7. The van der Waals surface area contributed by atoms with Gasteiger partial charge in [-0.3, -0.25) is 0 Å².